The first-order valence-corrected chi connectivity index (χ1v) is 3.37. The number of hydrogen-bond donors (Lipinski definition) is 1. The Hall–Kier alpha value is -0.220. The van der Waals surface area contributed by atoms with E-state index in [1.165, 1.54) is 0 Å². The van der Waals surface area contributed by atoms with Gasteiger partial charge in [-0.25, -0.2) is 8.78 Å². The zero-order chi connectivity index (χ0) is 7.41. The van der Waals surface area contributed by atoms with Gasteiger partial charge in [0.25, 0.3) is 5.92 Å². The molecule has 0 aromatic heterocycles. The molecule has 0 saturated carbocycles. The topological polar surface area (TPSA) is 15.3 Å². The van der Waals surface area contributed by atoms with E-state index in [0.717, 1.165) is 0 Å². The van der Waals surface area contributed by atoms with Crippen LogP contribution in [0.5, 0.6) is 0 Å². The highest BCUT2D eigenvalue weighted by Gasteiger charge is 2.66. The summed E-state index contributed by atoms with van der Waals surface area (Å²) in [6.45, 7) is 0.834. The standard InChI is InChI=1S/C6H10F2N2/c1-10-3-5(4-10)6(7,8)2-9-5/h9H,2-4H2,1H3. The molecule has 0 amide bonds. The highest BCUT2D eigenvalue weighted by Crippen LogP contribution is 2.41. The number of likely N-dealkylation sites (N-methyl/N-ethyl adjacent to an activating group) is 1. The summed E-state index contributed by atoms with van der Waals surface area (Å²) in [6.07, 6.45) is 0. The maximum Gasteiger partial charge on any atom is 0.280 e. The van der Waals surface area contributed by atoms with Gasteiger partial charge in [0.15, 0.2) is 0 Å². The summed E-state index contributed by atoms with van der Waals surface area (Å²) in [5, 5.41) is 2.79. The van der Waals surface area contributed by atoms with Gasteiger partial charge in [-0.1, -0.05) is 0 Å². The molecule has 0 aromatic carbocycles. The van der Waals surface area contributed by atoms with Crippen LogP contribution in [0.2, 0.25) is 0 Å². The van der Waals surface area contributed by atoms with Crippen LogP contribution in [0, 0.1) is 0 Å². The lowest BCUT2D eigenvalue weighted by Gasteiger charge is -2.59. The number of halogens is 2. The number of rotatable bonds is 0. The van der Waals surface area contributed by atoms with Gasteiger partial charge in [-0.05, 0) is 7.05 Å². The number of alkyl halides is 2. The van der Waals surface area contributed by atoms with Crippen molar-refractivity contribution in [3.63, 3.8) is 0 Å². The fraction of sp³-hybridized carbons (Fsp3) is 1.00. The second-order valence-corrected chi connectivity index (χ2v) is 3.31. The van der Waals surface area contributed by atoms with Crippen LogP contribution >= 0.6 is 0 Å². The zero-order valence-corrected chi connectivity index (χ0v) is 5.82. The van der Waals surface area contributed by atoms with Crippen molar-refractivity contribution < 1.29 is 8.78 Å². The van der Waals surface area contributed by atoms with E-state index in [2.05, 4.69) is 5.32 Å². The largest absolute Gasteiger partial charge is 0.302 e. The summed E-state index contributed by atoms with van der Waals surface area (Å²) < 4.78 is 25.4. The van der Waals surface area contributed by atoms with Crippen LogP contribution in [0.1, 0.15) is 0 Å². The van der Waals surface area contributed by atoms with Crippen molar-refractivity contribution in [1.82, 2.24) is 10.2 Å². The average Bonchev–Trinajstić information content (AvgIpc) is 1.78. The van der Waals surface area contributed by atoms with Crippen molar-refractivity contribution >= 4 is 0 Å². The van der Waals surface area contributed by atoms with Gasteiger partial charge < -0.3 is 4.90 Å². The molecule has 0 aromatic rings. The molecule has 2 fully saturated rings. The van der Waals surface area contributed by atoms with Gasteiger partial charge in [-0.2, -0.15) is 0 Å². The summed E-state index contributed by atoms with van der Waals surface area (Å²) >= 11 is 0. The second kappa shape index (κ2) is 1.51. The van der Waals surface area contributed by atoms with Crippen molar-refractivity contribution in [1.29, 1.82) is 0 Å². The molecule has 10 heavy (non-hydrogen) atoms. The fourth-order valence-corrected chi connectivity index (χ4v) is 1.69. The van der Waals surface area contributed by atoms with Gasteiger partial charge in [-0.15, -0.1) is 0 Å². The van der Waals surface area contributed by atoms with Crippen LogP contribution in [-0.4, -0.2) is 43.0 Å². The van der Waals surface area contributed by atoms with E-state index < -0.39 is 11.5 Å². The predicted molar refractivity (Wildman–Crippen MR) is 33.2 cm³/mol. The average molecular weight is 148 g/mol. The lowest BCUT2D eigenvalue weighted by atomic mass is 9.77. The van der Waals surface area contributed by atoms with Gasteiger partial charge in [0, 0.05) is 13.1 Å². The van der Waals surface area contributed by atoms with Crippen LogP contribution in [0.25, 0.3) is 0 Å². The second-order valence-electron chi connectivity index (χ2n) is 3.31. The monoisotopic (exact) mass is 148 g/mol. The SMILES string of the molecule is CN1CC2(C1)NCC2(F)F. The van der Waals surface area contributed by atoms with E-state index in [1.54, 1.807) is 0 Å². The van der Waals surface area contributed by atoms with Crippen LogP contribution in [0.4, 0.5) is 8.78 Å². The third-order valence-corrected chi connectivity index (χ3v) is 2.43. The van der Waals surface area contributed by atoms with E-state index in [0.29, 0.717) is 13.1 Å². The minimum absolute atomic E-state index is 0.138. The molecular formula is C6H10F2N2. The maximum atomic E-state index is 12.7. The first kappa shape index (κ1) is 6.49. The predicted octanol–water partition coefficient (Wildman–Crippen LogP) is -0.0909. The first-order valence-electron chi connectivity index (χ1n) is 3.37. The molecule has 2 aliphatic heterocycles. The van der Waals surface area contributed by atoms with Crippen molar-refractivity contribution in [2.75, 3.05) is 26.7 Å². The third-order valence-electron chi connectivity index (χ3n) is 2.43. The molecule has 4 heteroatoms. The Morgan fingerprint density at radius 1 is 1.40 bits per heavy atom. The summed E-state index contributed by atoms with van der Waals surface area (Å²) in [5.74, 6) is -2.46. The number of nitrogens with zero attached hydrogens (tertiary/aromatic N) is 1. The van der Waals surface area contributed by atoms with Gasteiger partial charge >= 0.3 is 0 Å². The molecule has 2 aliphatic rings. The van der Waals surface area contributed by atoms with Crippen LogP contribution in [-0.2, 0) is 0 Å². The summed E-state index contributed by atoms with van der Waals surface area (Å²) in [6, 6.07) is 0. The lowest BCUT2D eigenvalue weighted by molar-refractivity contribution is -0.205. The van der Waals surface area contributed by atoms with E-state index in [-0.39, 0.29) is 6.54 Å². The number of hydrogen-bond acceptors (Lipinski definition) is 2. The summed E-state index contributed by atoms with van der Waals surface area (Å²) in [7, 11) is 1.85. The Kier molecular flexibility index (Phi) is 0.978. The molecular weight excluding hydrogens is 138 g/mol. The fourth-order valence-electron chi connectivity index (χ4n) is 1.69. The molecule has 0 atom stereocenters. The molecule has 0 bridgehead atoms. The third kappa shape index (κ3) is 0.538. The molecule has 1 N–H and O–H groups in total. The molecule has 58 valence electrons. The molecule has 0 unspecified atom stereocenters. The van der Waals surface area contributed by atoms with Crippen molar-refractivity contribution in [3.05, 3.63) is 0 Å². The smallest absolute Gasteiger partial charge is 0.280 e. The molecule has 2 rings (SSSR count). The van der Waals surface area contributed by atoms with Gasteiger partial charge in [0.2, 0.25) is 0 Å². The Labute approximate surface area is 58.2 Å². The van der Waals surface area contributed by atoms with Crippen LogP contribution < -0.4 is 5.32 Å². The Balaban J connectivity index is 2.07. The van der Waals surface area contributed by atoms with E-state index in [4.69, 9.17) is 0 Å². The molecule has 2 nitrogen and oxygen atoms in total. The van der Waals surface area contributed by atoms with Crippen molar-refractivity contribution in [2.24, 2.45) is 0 Å². The highest BCUT2D eigenvalue weighted by atomic mass is 19.3. The Morgan fingerprint density at radius 2 is 2.00 bits per heavy atom. The zero-order valence-electron chi connectivity index (χ0n) is 5.82. The minimum atomic E-state index is -2.46. The van der Waals surface area contributed by atoms with E-state index >= 15 is 0 Å². The van der Waals surface area contributed by atoms with Crippen molar-refractivity contribution in [2.45, 2.75) is 11.5 Å². The van der Waals surface area contributed by atoms with Gasteiger partial charge in [0.05, 0.1) is 6.54 Å². The Morgan fingerprint density at radius 3 is 2.10 bits per heavy atom. The molecule has 2 saturated heterocycles. The van der Waals surface area contributed by atoms with Crippen molar-refractivity contribution in [3.8, 4) is 0 Å². The van der Waals surface area contributed by atoms with Gasteiger partial charge in [0.1, 0.15) is 5.54 Å². The normalized spacial score (nSPS) is 35.1. The van der Waals surface area contributed by atoms with Gasteiger partial charge in [-0.3, -0.25) is 5.32 Å². The first-order chi connectivity index (χ1) is 4.56. The number of likely N-dealkylation sites (tertiary alicyclic amines) is 1. The van der Waals surface area contributed by atoms with E-state index in [9.17, 15) is 8.78 Å². The van der Waals surface area contributed by atoms with Crippen LogP contribution in [0.15, 0.2) is 0 Å². The summed E-state index contributed by atoms with van der Waals surface area (Å²) in [4.78, 5) is 1.89. The molecule has 0 aliphatic carbocycles. The minimum Gasteiger partial charge on any atom is -0.302 e. The quantitative estimate of drug-likeness (QED) is 0.516. The lowest BCUT2D eigenvalue weighted by Crippen LogP contribution is -2.85. The molecule has 1 spiro atoms. The Bertz CT molecular complexity index is 163. The van der Waals surface area contributed by atoms with E-state index in [1.807, 2.05) is 11.9 Å². The van der Waals surface area contributed by atoms with Crippen LogP contribution in [0.3, 0.4) is 0 Å². The summed E-state index contributed by atoms with van der Waals surface area (Å²) in [5.41, 5.74) is -0.845. The molecule has 0 radical (unpaired) electrons. The maximum absolute atomic E-state index is 12.7. The molecule has 2 heterocycles. The highest BCUT2D eigenvalue weighted by molar-refractivity contribution is 5.18. The number of nitrogens with one attached hydrogen (secondary N) is 1.